The third-order valence-corrected chi connectivity index (χ3v) is 2.92. The van der Waals surface area contributed by atoms with Crippen LogP contribution in [0.1, 0.15) is 33.6 Å². The predicted molar refractivity (Wildman–Crippen MR) is 62.8 cm³/mol. The standard InChI is InChI=1S/C12H18N2O/c1-4-6-12(2,3)14-9-5-7-15-10(9)8-11(14)13/h5,7-8H,4,6,13H2,1-3H3. The Morgan fingerprint density at radius 3 is 2.87 bits per heavy atom. The zero-order valence-electron chi connectivity index (χ0n) is 9.58. The molecular weight excluding hydrogens is 188 g/mol. The Bertz CT molecular complexity index is 465. The van der Waals surface area contributed by atoms with Crippen LogP contribution in [0.3, 0.4) is 0 Å². The van der Waals surface area contributed by atoms with E-state index in [-0.39, 0.29) is 5.54 Å². The maximum Gasteiger partial charge on any atom is 0.153 e. The van der Waals surface area contributed by atoms with Crippen molar-refractivity contribution in [1.82, 2.24) is 4.57 Å². The molecule has 0 bridgehead atoms. The summed E-state index contributed by atoms with van der Waals surface area (Å²) in [5.74, 6) is 0.780. The lowest BCUT2D eigenvalue weighted by Crippen LogP contribution is -2.26. The van der Waals surface area contributed by atoms with E-state index in [2.05, 4.69) is 25.3 Å². The molecule has 0 spiro atoms. The fourth-order valence-electron chi connectivity index (χ4n) is 2.34. The molecule has 0 radical (unpaired) electrons. The number of hydrogen-bond acceptors (Lipinski definition) is 2. The van der Waals surface area contributed by atoms with Crippen molar-refractivity contribution in [3.05, 3.63) is 18.4 Å². The summed E-state index contributed by atoms with van der Waals surface area (Å²) in [5.41, 5.74) is 8.02. The number of furan rings is 1. The van der Waals surface area contributed by atoms with Gasteiger partial charge in [-0.15, -0.1) is 0 Å². The predicted octanol–water partition coefficient (Wildman–Crippen LogP) is 3.35. The van der Waals surface area contributed by atoms with Crippen molar-refractivity contribution in [1.29, 1.82) is 0 Å². The third-order valence-electron chi connectivity index (χ3n) is 2.92. The van der Waals surface area contributed by atoms with Crippen molar-refractivity contribution >= 4 is 16.9 Å². The Morgan fingerprint density at radius 1 is 1.47 bits per heavy atom. The minimum Gasteiger partial charge on any atom is -0.463 e. The fraction of sp³-hybridized carbons (Fsp3) is 0.500. The van der Waals surface area contributed by atoms with Gasteiger partial charge >= 0.3 is 0 Å². The molecule has 0 amide bonds. The fourth-order valence-corrected chi connectivity index (χ4v) is 2.34. The van der Waals surface area contributed by atoms with Crippen molar-refractivity contribution in [2.75, 3.05) is 5.73 Å². The zero-order chi connectivity index (χ0) is 11.1. The number of nitrogen functional groups attached to an aromatic ring is 1. The maximum absolute atomic E-state index is 6.02. The van der Waals surface area contributed by atoms with Gasteiger partial charge in [-0.3, -0.25) is 0 Å². The lowest BCUT2D eigenvalue weighted by Gasteiger charge is -2.28. The first-order valence-electron chi connectivity index (χ1n) is 5.41. The molecule has 3 heteroatoms. The van der Waals surface area contributed by atoms with Gasteiger partial charge in [0.2, 0.25) is 0 Å². The van der Waals surface area contributed by atoms with E-state index in [0.29, 0.717) is 0 Å². The second-order valence-corrected chi connectivity index (χ2v) is 4.64. The molecule has 0 aliphatic carbocycles. The Kier molecular flexibility index (Phi) is 2.25. The molecule has 0 aliphatic heterocycles. The van der Waals surface area contributed by atoms with Gasteiger partial charge in [-0.1, -0.05) is 13.3 Å². The highest BCUT2D eigenvalue weighted by molar-refractivity contribution is 5.79. The van der Waals surface area contributed by atoms with E-state index in [9.17, 15) is 0 Å². The van der Waals surface area contributed by atoms with Crippen molar-refractivity contribution in [2.24, 2.45) is 0 Å². The lowest BCUT2D eigenvalue weighted by molar-refractivity contribution is 0.339. The SMILES string of the molecule is CCCC(C)(C)n1c(N)cc2occc21. The summed E-state index contributed by atoms with van der Waals surface area (Å²) in [6.45, 7) is 6.60. The number of nitrogens with two attached hydrogens (primary N) is 1. The monoisotopic (exact) mass is 206 g/mol. The largest absolute Gasteiger partial charge is 0.463 e. The molecule has 2 aromatic heterocycles. The van der Waals surface area contributed by atoms with Gasteiger partial charge in [0.15, 0.2) is 5.58 Å². The molecule has 0 unspecified atom stereocenters. The Balaban J connectivity index is 2.58. The van der Waals surface area contributed by atoms with Crippen LogP contribution in [0.5, 0.6) is 0 Å². The van der Waals surface area contributed by atoms with E-state index in [4.69, 9.17) is 10.2 Å². The highest BCUT2D eigenvalue weighted by atomic mass is 16.3. The molecule has 0 saturated heterocycles. The molecule has 2 heterocycles. The molecule has 82 valence electrons. The third kappa shape index (κ3) is 1.52. The van der Waals surface area contributed by atoms with Crippen LogP contribution in [0, 0.1) is 0 Å². The number of nitrogens with zero attached hydrogens (tertiary/aromatic N) is 1. The molecule has 0 atom stereocenters. The highest BCUT2D eigenvalue weighted by Crippen LogP contribution is 2.32. The summed E-state index contributed by atoms with van der Waals surface area (Å²) in [6, 6.07) is 3.87. The van der Waals surface area contributed by atoms with E-state index in [0.717, 1.165) is 29.8 Å². The summed E-state index contributed by atoms with van der Waals surface area (Å²) in [6.07, 6.45) is 3.96. The smallest absolute Gasteiger partial charge is 0.153 e. The highest BCUT2D eigenvalue weighted by Gasteiger charge is 2.24. The Morgan fingerprint density at radius 2 is 2.20 bits per heavy atom. The first kappa shape index (κ1) is 10.1. The molecule has 2 rings (SSSR count). The molecular formula is C12H18N2O. The second kappa shape index (κ2) is 3.33. The van der Waals surface area contributed by atoms with Gasteiger partial charge in [0, 0.05) is 17.7 Å². The zero-order valence-corrected chi connectivity index (χ0v) is 9.58. The van der Waals surface area contributed by atoms with E-state index in [1.807, 2.05) is 12.1 Å². The molecule has 3 nitrogen and oxygen atoms in total. The van der Waals surface area contributed by atoms with Crippen LogP contribution in [-0.2, 0) is 5.54 Å². The minimum absolute atomic E-state index is 0.0461. The van der Waals surface area contributed by atoms with Crippen LogP contribution < -0.4 is 5.73 Å². The summed E-state index contributed by atoms with van der Waals surface area (Å²) in [7, 11) is 0. The number of rotatable bonds is 3. The van der Waals surface area contributed by atoms with Gasteiger partial charge in [-0.05, 0) is 20.3 Å². The van der Waals surface area contributed by atoms with Gasteiger partial charge in [0.05, 0.1) is 11.8 Å². The molecule has 0 aliphatic rings. The minimum atomic E-state index is 0.0461. The second-order valence-electron chi connectivity index (χ2n) is 4.64. The number of anilines is 1. The molecule has 15 heavy (non-hydrogen) atoms. The normalized spacial score (nSPS) is 12.5. The van der Waals surface area contributed by atoms with Crippen LogP contribution in [0.25, 0.3) is 11.1 Å². The van der Waals surface area contributed by atoms with Crippen molar-refractivity contribution in [2.45, 2.75) is 39.2 Å². The van der Waals surface area contributed by atoms with Crippen LogP contribution in [0.2, 0.25) is 0 Å². The number of aromatic nitrogens is 1. The first-order chi connectivity index (χ1) is 7.06. The summed E-state index contributed by atoms with van der Waals surface area (Å²) in [5, 5.41) is 0. The van der Waals surface area contributed by atoms with Gasteiger partial charge in [-0.25, -0.2) is 0 Å². The maximum atomic E-state index is 6.02. The van der Waals surface area contributed by atoms with Crippen LogP contribution >= 0.6 is 0 Å². The van der Waals surface area contributed by atoms with Crippen molar-refractivity contribution in [3.63, 3.8) is 0 Å². The topological polar surface area (TPSA) is 44.1 Å². The Hall–Kier alpha value is -1.38. The number of fused-ring (bicyclic) bond motifs is 1. The Labute approximate surface area is 89.9 Å². The van der Waals surface area contributed by atoms with Crippen LogP contribution in [0.4, 0.5) is 5.82 Å². The van der Waals surface area contributed by atoms with E-state index < -0.39 is 0 Å². The van der Waals surface area contributed by atoms with Gasteiger partial charge < -0.3 is 14.7 Å². The molecule has 0 fully saturated rings. The first-order valence-corrected chi connectivity index (χ1v) is 5.41. The molecule has 2 aromatic rings. The summed E-state index contributed by atoms with van der Waals surface area (Å²) >= 11 is 0. The van der Waals surface area contributed by atoms with Crippen LogP contribution in [-0.4, -0.2) is 4.57 Å². The van der Waals surface area contributed by atoms with Crippen molar-refractivity contribution < 1.29 is 4.42 Å². The summed E-state index contributed by atoms with van der Waals surface area (Å²) < 4.78 is 7.51. The molecule has 0 aromatic carbocycles. The lowest BCUT2D eigenvalue weighted by atomic mass is 9.98. The van der Waals surface area contributed by atoms with Gasteiger partial charge in [0.25, 0.3) is 0 Å². The quantitative estimate of drug-likeness (QED) is 0.836. The van der Waals surface area contributed by atoms with Crippen LogP contribution in [0.15, 0.2) is 22.8 Å². The average Bonchev–Trinajstić information content (AvgIpc) is 2.61. The van der Waals surface area contributed by atoms with E-state index in [1.54, 1.807) is 6.26 Å². The van der Waals surface area contributed by atoms with Crippen molar-refractivity contribution in [3.8, 4) is 0 Å². The number of hydrogen-bond donors (Lipinski definition) is 1. The molecule has 2 N–H and O–H groups in total. The van der Waals surface area contributed by atoms with E-state index >= 15 is 0 Å². The molecule has 0 saturated carbocycles. The van der Waals surface area contributed by atoms with Gasteiger partial charge in [0.1, 0.15) is 5.82 Å². The summed E-state index contributed by atoms with van der Waals surface area (Å²) in [4.78, 5) is 0. The van der Waals surface area contributed by atoms with E-state index in [1.165, 1.54) is 0 Å². The average molecular weight is 206 g/mol. The van der Waals surface area contributed by atoms with Gasteiger partial charge in [-0.2, -0.15) is 0 Å².